The number of rotatable bonds is 1. The summed E-state index contributed by atoms with van der Waals surface area (Å²) in [6, 6.07) is 8.48. The molecule has 2 nitrogen and oxygen atoms in total. The zero-order valence-electron chi connectivity index (χ0n) is 11.8. The van der Waals surface area contributed by atoms with Crippen molar-refractivity contribution < 1.29 is 4.42 Å². The number of fused-ring (bicyclic) bond motifs is 2. The maximum Gasteiger partial charge on any atom is 0.137 e. The quantitative estimate of drug-likeness (QED) is 0.617. The summed E-state index contributed by atoms with van der Waals surface area (Å²) in [5.74, 6) is 1.43. The first kappa shape index (κ1) is 13.6. The molecule has 108 valence electrons. The summed E-state index contributed by atoms with van der Waals surface area (Å²) in [4.78, 5) is 3.91. The van der Waals surface area contributed by atoms with Gasteiger partial charge in [0.25, 0.3) is 0 Å². The topological polar surface area (TPSA) is 16.4 Å². The number of halogens is 1. The standard InChI is InChI=1S/C17H16BrNOS/c1-19-7-6-13-15(18)10-21-17(13)14(9-19)12-5-4-11-3-2-8-20-16(11)12/h2-5,8,10,14H,6-7,9H2,1H3. The van der Waals surface area contributed by atoms with E-state index in [1.807, 2.05) is 17.4 Å². The van der Waals surface area contributed by atoms with Crippen LogP contribution in [0.1, 0.15) is 21.9 Å². The molecule has 1 atom stereocenters. The van der Waals surface area contributed by atoms with E-state index in [-0.39, 0.29) is 0 Å². The van der Waals surface area contributed by atoms with Gasteiger partial charge in [0.1, 0.15) is 5.76 Å². The van der Waals surface area contributed by atoms with Crippen molar-refractivity contribution in [1.82, 2.24) is 4.90 Å². The lowest BCUT2D eigenvalue weighted by Gasteiger charge is -2.20. The fourth-order valence-electron chi connectivity index (χ4n) is 3.23. The molecule has 2 aliphatic heterocycles. The summed E-state index contributed by atoms with van der Waals surface area (Å²) in [6.45, 7) is 2.15. The van der Waals surface area contributed by atoms with Gasteiger partial charge in [0, 0.05) is 44.9 Å². The summed E-state index contributed by atoms with van der Waals surface area (Å²) in [5, 5.41) is 2.23. The SMILES string of the molecule is CN1CCc2c(Br)csc2C(c2ccc3cccoc2-3)C1. The lowest BCUT2D eigenvalue weighted by atomic mass is 9.95. The van der Waals surface area contributed by atoms with E-state index >= 15 is 0 Å². The van der Waals surface area contributed by atoms with Gasteiger partial charge in [-0.15, -0.1) is 11.3 Å². The predicted octanol–water partition coefficient (Wildman–Crippen LogP) is 4.83. The third-order valence-electron chi connectivity index (χ3n) is 4.31. The lowest BCUT2D eigenvalue weighted by Crippen LogP contribution is -2.24. The van der Waals surface area contributed by atoms with E-state index in [2.05, 4.69) is 51.5 Å². The minimum absolute atomic E-state index is 0.396. The van der Waals surface area contributed by atoms with Crippen molar-refractivity contribution in [3.63, 3.8) is 0 Å². The summed E-state index contributed by atoms with van der Waals surface area (Å²) in [5.41, 5.74) is 3.98. The van der Waals surface area contributed by atoms with Gasteiger partial charge in [-0.2, -0.15) is 0 Å². The van der Waals surface area contributed by atoms with Crippen molar-refractivity contribution in [2.45, 2.75) is 12.3 Å². The van der Waals surface area contributed by atoms with Crippen molar-refractivity contribution in [2.24, 2.45) is 0 Å². The largest absolute Gasteiger partial charge is 0.464 e. The Balaban J connectivity index is 1.86. The fourth-order valence-corrected chi connectivity index (χ4v) is 5.14. The Hall–Kier alpha value is -1.10. The highest BCUT2D eigenvalue weighted by atomic mass is 79.9. The van der Waals surface area contributed by atoms with E-state index < -0.39 is 0 Å². The highest BCUT2D eigenvalue weighted by Gasteiger charge is 2.29. The highest BCUT2D eigenvalue weighted by molar-refractivity contribution is 9.10. The first-order chi connectivity index (χ1) is 10.2. The minimum atomic E-state index is 0.396. The maximum atomic E-state index is 5.81. The molecule has 1 aromatic heterocycles. The molecule has 1 aromatic rings. The average molecular weight is 362 g/mol. The molecular formula is C17H16BrNOS. The second-order valence-electron chi connectivity index (χ2n) is 5.68. The first-order valence-corrected chi connectivity index (χ1v) is 8.81. The molecule has 0 aromatic carbocycles. The van der Waals surface area contributed by atoms with Gasteiger partial charge in [-0.3, -0.25) is 0 Å². The third-order valence-corrected chi connectivity index (χ3v) is 6.46. The molecule has 0 N–H and O–H groups in total. The molecule has 1 aliphatic carbocycles. The van der Waals surface area contributed by atoms with Crippen molar-refractivity contribution in [1.29, 1.82) is 0 Å². The summed E-state index contributed by atoms with van der Waals surface area (Å²) in [7, 11) is 2.21. The van der Waals surface area contributed by atoms with Crippen LogP contribution in [0, 0.1) is 0 Å². The second-order valence-corrected chi connectivity index (χ2v) is 7.44. The third kappa shape index (κ3) is 2.26. The van der Waals surface area contributed by atoms with Crippen molar-refractivity contribution in [3.8, 4) is 11.3 Å². The molecule has 4 heteroatoms. The van der Waals surface area contributed by atoms with Gasteiger partial charge in [0.2, 0.25) is 0 Å². The first-order valence-electron chi connectivity index (χ1n) is 7.14. The Morgan fingerprint density at radius 2 is 2.24 bits per heavy atom. The fraction of sp³-hybridized carbons (Fsp3) is 0.294. The van der Waals surface area contributed by atoms with Gasteiger partial charge in [-0.1, -0.05) is 12.1 Å². The molecular weight excluding hydrogens is 346 g/mol. The molecule has 0 saturated heterocycles. The number of hydrogen-bond acceptors (Lipinski definition) is 3. The van der Waals surface area contributed by atoms with Crippen LogP contribution in [0.2, 0.25) is 0 Å². The lowest BCUT2D eigenvalue weighted by molar-refractivity contribution is 0.337. The smallest absolute Gasteiger partial charge is 0.137 e. The summed E-state index contributed by atoms with van der Waals surface area (Å²) < 4.78 is 7.07. The van der Waals surface area contributed by atoms with Crippen LogP contribution in [0.4, 0.5) is 0 Å². The van der Waals surface area contributed by atoms with Gasteiger partial charge in [0.15, 0.2) is 0 Å². The van der Waals surface area contributed by atoms with Crippen LogP contribution in [0.25, 0.3) is 11.3 Å². The number of thiophene rings is 1. The van der Waals surface area contributed by atoms with Gasteiger partial charge >= 0.3 is 0 Å². The van der Waals surface area contributed by atoms with E-state index in [4.69, 9.17) is 4.42 Å². The molecule has 0 spiro atoms. The summed E-state index contributed by atoms with van der Waals surface area (Å²) in [6.07, 6.45) is 2.89. The average Bonchev–Trinajstić information content (AvgIpc) is 3.02. The van der Waals surface area contributed by atoms with Crippen LogP contribution in [-0.4, -0.2) is 25.0 Å². The molecule has 0 radical (unpaired) electrons. The molecule has 3 heterocycles. The molecule has 3 aliphatic rings. The molecule has 4 rings (SSSR count). The minimum Gasteiger partial charge on any atom is -0.464 e. The van der Waals surface area contributed by atoms with Gasteiger partial charge in [-0.05, 0) is 47.1 Å². The van der Waals surface area contributed by atoms with E-state index in [0.717, 1.165) is 25.3 Å². The Labute approximate surface area is 136 Å². The number of hydrogen-bond donors (Lipinski definition) is 0. The van der Waals surface area contributed by atoms with Crippen molar-refractivity contribution >= 4 is 27.3 Å². The van der Waals surface area contributed by atoms with E-state index in [0.29, 0.717) is 5.92 Å². The van der Waals surface area contributed by atoms with Gasteiger partial charge < -0.3 is 9.32 Å². The van der Waals surface area contributed by atoms with Crippen molar-refractivity contribution in [3.05, 3.63) is 56.4 Å². The predicted molar refractivity (Wildman–Crippen MR) is 90.4 cm³/mol. The van der Waals surface area contributed by atoms with E-state index in [1.165, 1.54) is 26.0 Å². The Bertz CT molecular complexity index is 747. The number of likely N-dealkylation sites (N-methyl/N-ethyl adjacent to an activating group) is 1. The maximum absolute atomic E-state index is 5.81. The van der Waals surface area contributed by atoms with Crippen molar-refractivity contribution in [2.75, 3.05) is 20.1 Å². The molecule has 0 fully saturated rings. The molecule has 0 bridgehead atoms. The van der Waals surface area contributed by atoms with Crippen LogP contribution in [0.5, 0.6) is 0 Å². The zero-order chi connectivity index (χ0) is 14.4. The van der Waals surface area contributed by atoms with Crippen LogP contribution in [0.3, 0.4) is 0 Å². The Morgan fingerprint density at radius 3 is 3.14 bits per heavy atom. The van der Waals surface area contributed by atoms with Crippen LogP contribution in [0.15, 0.2) is 44.8 Å². The zero-order valence-corrected chi connectivity index (χ0v) is 14.2. The van der Waals surface area contributed by atoms with Gasteiger partial charge in [0.05, 0.1) is 6.26 Å². The molecule has 0 saturated carbocycles. The van der Waals surface area contributed by atoms with Crippen LogP contribution in [-0.2, 0) is 6.42 Å². The van der Waals surface area contributed by atoms with Crippen LogP contribution >= 0.6 is 27.3 Å². The van der Waals surface area contributed by atoms with Crippen LogP contribution < -0.4 is 0 Å². The van der Waals surface area contributed by atoms with Gasteiger partial charge in [-0.25, -0.2) is 0 Å². The number of nitrogens with zero attached hydrogens (tertiary/aromatic N) is 1. The highest BCUT2D eigenvalue weighted by Crippen LogP contribution is 2.43. The normalized spacial score (nSPS) is 19.6. The molecule has 1 unspecified atom stereocenters. The molecule has 21 heavy (non-hydrogen) atoms. The Kier molecular flexibility index (Phi) is 3.40. The summed E-state index contributed by atoms with van der Waals surface area (Å²) >= 11 is 5.58. The second kappa shape index (κ2) is 5.27. The Morgan fingerprint density at radius 1 is 1.33 bits per heavy atom. The monoisotopic (exact) mass is 361 g/mol. The van der Waals surface area contributed by atoms with E-state index in [1.54, 1.807) is 6.26 Å². The van der Waals surface area contributed by atoms with E-state index in [9.17, 15) is 0 Å². The molecule has 0 amide bonds.